The number of carboxylic acid groups (broad SMARTS) is 2. The van der Waals surface area contributed by atoms with E-state index in [1.165, 1.54) is 0 Å². The van der Waals surface area contributed by atoms with Crippen molar-refractivity contribution in [1.29, 1.82) is 0 Å². The van der Waals surface area contributed by atoms with Crippen LogP contribution in [-0.4, -0.2) is 68.4 Å². The third-order valence-corrected chi connectivity index (χ3v) is 4.63. The van der Waals surface area contributed by atoms with Crippen molar-refractivity contribution in [2.24, 2.45) is 5.41 Å². The number of carbonyl (C=O) groups is 2. The van der Waals surface area contributed by atoms with Gasteiger partial charge >= 0.3 is 5.97 Å². The fourth-order valence-corrected chi connectivity index (χ4v) is 3.33. The Morgan fingerprint density at radius 1 is 1.37 bits per heavy atom. The number of nitrogens with zero attached hydrogens (tertiary/aromatic N) is 3. The van der Waals surface area contributed by atoms with Gasteiger partial charge in [-0.25, -0.2) is 9.97 Å². The summed E-state index contributed by atoms with van der Waals surface area (Å²) in [5.74, 6) is -0.294. The number of nitrogens with one attached hydrogen (secondary N) is 1. The lowest BCUT2D eigenvalue weighted by molar-refractivity contribution is -0.164. The highest BCUT2D eigenvalue weighted by atomic mass is 16.4. The first-order valence-corrected chi connectivity index (χ1v) is 9.19. The Labute approximate surface area is 159 Å². The van der Waals surface area contributed by atoms with Crippen LogP contribution in [0.15, 0.2) is 12.4 Å². The number of carboxylic acids is 1. The van der Waals surface area contributed by atoms with Crippen LogP contribution in [0, 0.1) is 5.41 Å². The van der Waals surface area contributed by atoms with Gasteiger partial charge in [-0.1, -0.05) is 20.3 Å². The van der Waals surface area contributed by atoms with Crippen molar-refractivity contribution in [3.63, 3.8) is 0 Å². The largest absolute Gasteiger partial charge is 0.483 e. The van der Waals surface area contributed by atoms with Crippen molar-refractivity contribution in [2.75, 3.05) is 25.0 Å². The first kappa shape index (κ1) is 22.8. The minimum absolute atomic E-state index is 0.250. The van der Waals surface area contributed by atoms with Gasteiger partial charge in [0.1, 0.15) is 5.41 Å². The highest BCUT2D eigenvalue weighted by Crippen LogP contribution is 2.36. The zero-order valence-corrected chi connectivity index (χ0v) is 16.0. The maximum absolute atomic E-state index is 11.8. The van der Waals surface area contributed by atoms with Gasteiger partial charge < -0.3 is 20.6 Å². The quantitative estimate of drug-likeness (QED) is 0.492. The molecule has 1 aromatic heterocycles. The van der Waals surface area contributed by atoms with Crippen LogP contribution in [0.4, 0.5) is 5.95 Å². The van der Waals surface area contributed by atoms with Gasteiger partial charge in [0.05, 0.1) is 6.10 Å². The molecule has 9 heteroatoms. The van der Waals surface area contributed by atoms with Gasteiger partial charge in [-0.2, -0.15) is 0 Å². The fraction of sp³-hybridized carbons (Fsp3) is 0.667. The van der Waals surface area contributed by atoms with Crippen LogP contribution in [0.3, 0.4) is 0 Å². The van der Waals surface area contributed by atoms with Gasteiger partial charge in [-0.05, 0) is 19.3 Å². The maximum atomic E-state index is 11.8. The summed E-state index contributed by atoms with van der Waals surface area (Å²) in [5, 5.41) is 30.0. The average molecular weight is 382 g/mol. The molecule has 2 heterocycles. The van der Waals surface area contributed by atoms with E-state index in [9.17, 15) is 15.0 Å². The van der Waals surface area contributed by atoms with Gasteiger partial charge in [0, 0.05) is 44.1 Å². The number of hydrogen-bond acceptors (Lipinski definition) is 7. The molecule has 9 nitrogen and oxygen atoms in total. The van der Waals surface area contributed by atoms with E-state index in [4.69, 9.17) is 9.90 Å². The van der Waals surface area contributed by atoms with E-state index in [0.29, 0.717) is 38.4 Å². The summed E-state index contributed by atoms with van der Waals surface area (Å²) in [4.78, 5) is 30.8. The number of aliphatic hydroxyl groups is 1. The molecule has 152 valence electrons. The second kappa shape index (κ2) is 11.5. The van der Waals surface area contributed by atoms with Crippen LogP contribution in [0.2, 0.25) is 0 Å². The van der Waals surface area contributed by atoms with E-state index in [1.54, 1.807) is 12.4 Å². The zero-order chi connectivity index (χ0) is 20.3. The predicted octanol–water partition coefficient (Wildman–Crippen LogP) is 1.44. The third kappa shape index (κ3) is 6.44. The van der Waals surface area contributed by atoms with Crippen molar-refractivity contribution in [1.82, 2.24) is 14.9 Å². The van der Waals surface area contributed by atoms with Crippen molar-refractivity contribution in [3.05, 3.63) is 18.0 Å². The Morgan fingerprint density at radius 2 is 2.00 bits per heavy atom. The number of anilines is 1. The topological polar surface area (TPSA) is 136 Å². The summed E-state index contributed by atoms with van der Waals surface area (Å²) in [6.07, 6.45) is 5.47. The molecule has 4 N–H and O–H groups in total. The molecule has 1 aliphatic heterocycles. The minimum Gasteiger partial charge on any atom is -0.483 e. The van der Waals surface area contributed by atoms with Gasteiger partial charge in [-0.15, -0.1) is 0 Å². The summed E-state index contributed by atoms with van der Waals surface area (Å²) < 4.78 is 0. The van der Waals surface area contributed by atoms with Crippen molar-refractivity contribution < 1.29 is 24.9 Å². The van der Waals surface area contributed by atoms with Gasteiger partial charge in [0.2, 0.25) is 5.95 Å². The van der Waals surface area contributed by atoms with E-state index in [-0.39, 0.29) is 6.47 Å². The van der Waals surface area contributed by atoms with Crippen LogP contribution >= 0.6 is 0 Å². The molecule has 0 aromatic carbocycles. The van der Waals surface area contributed by atoms with E-state index in [0.717, 1.165) is 24.9 Å². The maximum Gasteiger partial charge on any atom is 0.313 e. The van der Waals surface area contributed by atoms with Gasteiger partial charge in [0.25, 0.3) is 6.47 Å². The summed E-state index contributed by atoms with van der Waals surface area (Å²) in [6.45, 7) is 6.24. The van der Waals surface area contributed by atoms with Crippen molar-refractivity contribution >= 4 is 18.4 Å². The lowest BCUT2D eigenvalue weighted by Gasteiger charge is -2.43. The van der Waals surface area contributed by atoms with Crippen LogP contribution < -0.4 is 5.32 Å². The van der Waals surface area contributed by atoms with E-state index in [2.05, 4.69) is 27.1 Å². The predicted molar refractivity (Wildman–Crippen MR) is 100 cm³/mol. The summed E-state index contributed by atoms with van der Waals surface area (Å²) >= 11 is 0. The molecule has 1 saturated heterocycles. The highest BCUT2D eigenvalue weighted by Gasteiger charge is 2.48. The SMILES string of the molecule is CCCNc1ncc(CN2CC[C@H](O)[C@](CCC)(C(=O)O)C2)cn1.O=CO. The summed E-state index contributed by atoms with van der Waals surface area (Å²) in [6, 6.07) is 0. The molecule has 2 rings (SSSR count). The fourth-order valence-electron chi connectivity index (χ4n) is 3.33. The lowest BCUT2D eigenvalue weighted by atomic mass is 9.74. The molecular weight excluding hydrogens is 352 g/mol. The van der Waals surface area contributed by atoms with Gasteiger partial charge in [0.15, 0.2) is 0 Å². The second-order valence-corrected chi connectivity index (χ2v) is 6.67. The smallest absolute Gasteiger partial charge is 0.313 e. The molecule has 0 bridgehead atoms. The van der Waals surface area contributed by atoms with Crippen LogP contribution in [0.1, 0.15) is 45.1 Å². The van der Waals surface area contributed by atoms with E-state index >= 15 is 0 Å². The highest BCUT2D eigenvalue weighted by molar-refractivity contribution is 5.76. The number of hydrogen-bond donors (Lipinski definition) is 4. The molecule has 0 unspecified atom stereocenters. The monoisotopic (exact) mass is 382 g/mol. The van der Waals surface area contributed by atoms with Crippen molar-refractivity contribution in [2.45, 2.75) is 52.2 Å². The molecule has 1 aromatic rings. The molecule has 0 saturated carbocycles. The number of rotatable bonds is 8. The molecule has 27 heavy (non-hydrogen) atoms. The molecule has 0 radical (unpaired) electrons. The van der Waals surface area contributed by atoms with Crippen LogP contribution in [0.5, 0.6) is 0 Å². The normalized spacial score (nSPS) is 22.4. The Morgan fingerprint density at radius 3 is 2.52 bits per heavy atom. The summed E-state index contributed by atoms with van der Waals surface area (Å²) in [5.41, 5.74) is -0.125. The van der Waals surface area contributed by atoms with Crippen LogP contribution in [-0.2, 0) is 16.1 Å². The Kier molecular flexibility index (Phi) is 9.66. The minimum atomic E-state index is -1.07. The van der Waals surface area contributed by atoms with E-state index in [1.807, 2.05) is 6.92 Å². The van der Waals surface area contributed by atoms with Crippen LogP contribution in [0.25, 0.3) is 0 Å². The number of piperidine rings is 1. The zero-order valence-electron chi connectivity index (χ0n) is 16.0. The first-order chi connectivity index (χ1) is 12.9. The lowest BCUT2D eigenvalue weighted by Crippen LogP contribution is -2.55. The summed E-state index contributed by atoms with van der Waals surface area (Å²) in [7, 11) is 0. The Hall–Kier alpha value is -2.26. The molecule has 2 atom stereocenters. The Balaban J connectivity index is 0.00000114. The average Bonchev–Trinajstić information content (AvgIpc) is 2.64. The number of aromatic nitrogens is 2. The second-order valence-electron chi connectivity index (χ2n) is 6.67. The first-order valence-electron chi connectivity index (χ1n) is 9.19. The third-order valence-electron chi connectivity index (χ3n) is 4.63. The number of aliphatic carboxylic acids is 1. The molecular formula is C18H30N4O5. The molecule has 1 aliphatic rings. The van der Waals surface area contributed by atoms with Gasteiger partial charge in [-0.3, -0.25) is 14.5 Å². The van der Waals surface area contributed by atoms with Crippen molar-refractivity contribution in [3.8, 4) is 0 Å². The number of likely N-dealkylation sites (tertiary alicyclic amines) is 1. The number of aliphatic hydroxyl groups excluding tert-OH is 1. The molecule has 0 aliphatic carbocycles. The molecule has 0 amide bonds. The Bertz CT molecular complexity index is 584. The standard InChI is InChI=1S/C17H28N4O3.CH2O2/c1-3-6-17(15(23)24)12-21(8-5-14(17)22)11-13-9-19-16(20-10-13)18-7-4-2;2-1-3/h9-10,14,22H,3-8,11-12H2,1-2H3,(H,23,24)(H,18,19,20);1H,(H,2,3)/t14-,17+;/m0./s1. The molecule has 1 fully saturated rings. The molecule has 0 spiro atoms. The van der Waals surface area contributed by atoms with E-state index < -0.39 is 17.5 Å².